The second-order valence-corrected chi connectivity index (χ2v) is 3.56. The normalized spacial score (nSPS) is 22.8. The first-order chi connectivity index (χ1) is 5.43. The van der Waals surface area contributed by atoms with Gasteiger partial charge < -0.3 is 0 Å². The van der Waals surface area contributed by atoms with E-state index in [2.05, 4.69) is 5.92 Å². The van der Waals surface area contributed by atoms with Crippen molar-refractivity contribution in [1.29, 1.82) is 0 Å². The van der Waals surface area contributed by atoms with Crippen molar-refractivity contribution in [3.63, 3.8) is 0 Å². The summed E-state index contributed by atoms with van der Waals surface area (Å²) in [4.78, 5) is 0. The van der Waals surface area contributed by atoms with Crippen LogP contribution in [0.15, 0.2) is 0 Å². The molecule has 0 spiro atoms. The van der Waals surface area contributed by atoms with Crippen molar-refractivity contribution in [2.75, 3.05) is 0 Å². The third kappa shape index (κ3) is 3.46. The summed E-state index contributed by atoms with van der Waals surface area (Å²) in [5, 5.41) is 0. The maximum Gasteiger partial charge on any atom is 0.0200 e. The molecule has 0 aromatic carbocycles. The van der Waals surface area contributed by atoms with Gasteiger partial charge in [-0.25, -0.2) is 0 Å². The first-order valence-electron chi connectivity index (χ1n) is 4.89. The summed E-state index contributed by atoms with van der Waals surface area (Å²) in [6.07, 6.45) is 16.3. The highest BCUT2D eigenvalue weighted by molar-refractivity contribution is 4.92. The maximum atomic E-state index is 5.42. The van der Waals surface area contributed by atoms with Crippen molar-refractivity contribution >= 4 is 0 Å². The van der Waals surface area contributed by atoms with Crippen LogP contribution in [0.3, 0.4) is 0 Å². The second-order valence-electron chi connectivity index (χ2n) is 3.56. The fraction of sp³-hybridized carbons (Fsp3) is 0.818. The molecule has 0 aromatic rings. The first-order valence-corrected chi connectivity index (χ1v) is 4.89. The monoisotopic (exact) mass is 150 g/mol. The molecule has 0 radical (unpaired) electrons. The number of terminal acetylenes is 1. The van der Waals surface area contributed by atoms with Gasteiger partial charge in [-0.15, -0.1) is 12.3 Å². The Balaban J connectivity index is 2.26. The van der Waals surface area contributed by atoms with Crippen molar-refractivity contribution in [3.8, 4) is 12.3 Å². The highest BCUT2D eigenvalue weighted by atomic mass is 14.1. The molecule has 0 aliphatic heterocycles. The van der Waals surface area contributed by atoms with Crippen LogP contribution in [-0.4, -0.2) is 0 Å². The summed E-state index contributed by atoms with van der Waals surface area (Å²) in [5.74, 6) is 3.49. The molecule has 0 aromatic heterocycles. The molecule has 0 bridgehead atoms. The van der Waals surface area contributed by atoms with Gasteiger partial charge in [-0.05, 0) is 12.8 Å². The molecule has 1 aliphatic carbocycles. The zero-order chi connectivity index (χ0) is 7.94. The molecule has 1 aliphatic rings. The standard InChI is InChI=1S/C11H18/c1-2-11-9-7-5-3-4-6-8-10-11/h1,11H,3-10H2. The van der Waals surface area contributed by atoms with E-state index in [9.17, 15) is 0 Å². The van der Waals surface area contributed by atoms with Crippen LogP contribution in [0.4, 0.5) is 0 Å². The minimum absolute atomic E-state index is 0.591. The van der Waals surface area contributed by atoms with E-state index in [1.807, 2.05) is 0 Å². The topological polar surface area (TPSA) is 0 Å². The molecule has 0 amide bonds. The van der Waals surface area contributed by atoms with Gasteiger partial charge in [-0.3, -0.25) is 0 Å². The Hall–Kier alpha value is -0.440. The van der Waals surface area contributed by atoms with Gasteiger partial charge in [0.1, 0.15) is 0 Å². The fourth-order valence-corrected chi connectivity index (χ4v) is 1.80. The smallest absolute Gasteiger partial charge is 0.0200 e. The van der Waals surface area contributed by atoms with Gasteiger partial charge in [0.25, 0.3) is 0 Å². The number of rotatable bonds is 0. The molecule has 0 N–H and O–H groups in total. The van der Waals surface area contributed by atoms with E-state index in [0.717, 1.165) is 0 Å². The summed E-state index contributed by atoms with van der Waals surface area (Å²) < 4.78 is 0. The van der Waals surface area contributed by atoms with Crippen LogP contribution in [0.2, 0.25) is 0 Å². The first kappa shape index (κ1) is 8.65. The molecule has 0 heteroatoms. The molecule has 11 heavy (non-hydrogen) atoms. The van der Waals surface area contributed by atoms with E-state index in [1.165, 1.54) is 51.4 Å². The molecule has 0 unspecified atom stereocenters. The maximum absolute atomic E-state index is 5.42. The van der Waals surface area contributed by atoms with Crippen LogP contribution >= 0.6 is 0 Å². The van der Waals surface area contributed by atoms with Gasteiger partial charge in [0, 0.05) is 5.92 Å². The van der Waals surface area contributed by atoms with Crippen LogP contribution in [-0.2, 0) is 0 Å². The molecular weight excluding hydrogens is 132 g/mol. The van der Waals surface area contributed by atoms with Gasteiger partial charge >= 0.3 is 0 Å². The summed E-state index contributed by atoms with van der Waals surface area (Å²) in [5.41, 5.74) is 0. The third-order valence-corrected chi connectivity index (χ3v) is 2.59. The van der Waals surface area contributed by atoms with Crippen LogP contribution < -0.4 is 0 Å². The molecule has 0 nitrogen and oxygen atoms in total. The van der Waals surface area contributed by atoms with E-state index in [-0.39, 0.29) is 0 Å². The predicted octanol–water partition coefficient (Wildman–Crippen LogP) is 3.37. The minimum Gasteiger partial charge on any atom is -0.120 e. The third-order valence-electron chi connectivity index (χ3n) is 2.59. The average Bonchev–Trinajstić information content (AvgIpc) is 2.16. The SMILES string of the molecule is C#CC1CCCCCCCC1. The van der Waals surface area contributed by atoms with E-state index in [4.69, 9.17) is 6.42 Å². The molecule has 1 saturated carbocycles. The molecule has 0 saturated heterocycles. The summed E-state index contributed by atoms with van der Waals surface area (Å²) in [6, 6.07) is 0. The summed E-state index contributed by atoms with van der Waals surface area (Å²) in [7, 11) is 0. The van der Waals surface area contributed by atoms with Crippen LogP contribution in [0.1, 0.15) is 51.4 Å². The number of hydrogen-bond acceptors (Lipinski definition) is 0. The molecular formula is C11H18. The highest BCUT2D eigenvalue weighted by Crippen LogP contribution is 2.20. The van der Waals surface area contributed by atoms with Gasteiger partial charge in [-0.2, -0.15) is 0 Å². The number of hydrogen-bond donors (Lipinski definition) is 0. The quantitative estimate of drug-likeness (QED) is 0.464. The second kappa shape index (κ2) is 5.24. The molecule has 1 rings (SSSR count). The van der Waals surface area contributed by atoms with Crippen LogP contribution in [0.5, 0.6) is 0 Å². The Labute approximate surface area is 70.4 Å². The Morgan fingerprint density at radius 2 is 1.27 bits per heavy atom. The van der Waals surface area contributed by atoms with E-state index >= 15 is 0 Å². The van der Waals surface area contributed by atoms with Gasteiger partial charge in [0.05, 0.1) is 0 Å². The van der Waals surface area contributed by atoms with Gasteiger partial charge in [0.15, 0.2) is 0 Å². The lowest BCUT2D eigenvalue weighted by molar-refractivity contribution is 0.526. The van der Waals surface area contributed by atoms with E-state index in [1.54, 1.807) is 0 Å². The molecule has 0 heterocycles. The summed E-state index contributed by atoms with van der Waals surface area (Å²) >= 11 is 0. The van der Waals surface area contributed by atoms with E-state index in [0.29, 0.717) is 5.92 Å². The zero-order valence-electron chi connectivity index (χ0n) is 7.31. The Bertz CT molecular complexity index is 119. The molecule has 1 fully saturated rings. The van der Waals surface area contributed by atoms with E-state index < -0.39 is 0 Å². The van der Waals surface area contributed by atoms with Crippen LogP contribution in [0, 0.1) is 18.3 Å². The average molecular weight is 150 g/mol. The predicted molar refractivity (Wildman–Crippen MR) is 49.3 cm³/mol. The largest absolute Gasteiger partial charge is 0.120 e. The lowest BCUT2D eigenvalue weighted by atomic mass is 9.98. The fourth-order valence-electron chi connectivity index (χ4n) is 1.80. The zero-order valence-corrected chi connectivity index (χ0v) is 7.31. The van der Waals surface area contributed by atoms with Crippen molar-refractivity contribution in [1.82, 2.24) is 0 Å². The van der Waals surface area contributed by atoms with Crippen molar-refractivity contribution in [2.45, 2.75) is 51.4 Å². The Kier molecular flexibility index (Phi) is 4.12. The highest BCUT2D eigenvalue weighted by Gasteiger charge is 2.06. The Morgan fingerprint density at radius 1 is 0.818 bits per heavy atom. The molecule has 62 valence electrons. The minimum atomic E-state index is 0.591. The van der Waals surface area contributed by atoms with Crippen molar-refractivity contribution in [3.05, 3.63) is 0 Å². The van der Waals surface area contributed by atoms with Crippen molar-refractivity contribution < 1.29 is 0 Å². The van der Waals surface area contributed by atoms with Crippen LogP contribution in [0.25, 0.3) is 0 Å². The van der Waals surface area contributed by atoms with Gasteiger partial charge in [-0.1, -0.05) is 38.5 Å². The van der Waals surface area contributed by atoms with Crippen molar-refractivity contribution in [2.24, 2.45) is 5.92 Å². The van der Waals surface area contributed by atoms with Gasteiger partial charge in [0.2, 0.25) is 0 Å². The Morgan fingerprint density at radius 3 is 1.73 bits per heavy atom. The lowest BCUT2D eigenvalue weighted by Crippen LogP contribution is -1.95. The molecule has 0 atom stereocenters. The summed E-state index contributed by atoms with van der Waals surface area (Å²) in [6.45, 7) is 0. The lowest BCUT2D eigenvalue weighted by Gasteiger charge is -2.06.